The molecule has 106 valence electrons. The SMILES string of the molecule is Cc1ccc(C2=C(C#N)CC(O)(C(F)(F)F)O2)cc1I. The molecular weight excluding hydrogens is 386 g/mol. The molecule has 1 heterocycles. The van der Waals surface area contributed by atoms with Crippen molar-refractivity contribution in [2.45, 2.75) is 25.3 Å². The zero-order valence-electron chi connectivity index (χ0n) is 10.3. The van der Waals surface area contributed by atoms with E-state index in [9.17, 15) is 18.3 Å². The van der Waals surface area contributed by atoms with Crippen molar-refractivity contribution in [3.63, 3.8) is 0 Å². The lowest BCUT2D eigenvalue weighted by atomic mass is 10.0. The average molecular weight is 395 g/mol. The van der Waals surface area contributed by atoms with Crippen molar-refractivity contribution in [2.24, 2.45) is 0 Å². The largest absolute Gasteiger partial charge is 0.455 e. The van der Waals surface area contributed by atoms with Crippen molar-refractivity contribution < 1.29 is 23.0 Å². The number of hydrogen-bond acceptors (Lipinski definition) is 3. The van der Waals surface area contributed by atoms with Crippen LogP contribution in [0.15, 0.2) is 23.8 Å². The van der Waals surface area contributed by atoms with Crippen molar-refractivity contribution in [1.29, 1.82) is 5.26 Å². The van der Waals surface area contributed by atoms with Gasteiger partial charge in [-0.1, -0.05) is 12.1 Å². The summed E-state index contributed by atoms with van der Waals surface area (Å²) in [5, 5.41) is 18.5. The van der Waals surface area contributed by atoms with Crippen LogP contribution in [0, 0.1) is 21.8 Å². The molecule has 0 aromatic heterocycles. The second-order valence-electron chi connectivity index (χ2n) is 4.44. The summed E-state index contributed by atoms with van der Waals surface area (Å²) < 4.78 is 43.8. The van der Waals surface area contributed by atoms with E-state index >= 15 is 0 Å². The lowest BCUT2D eigenvalue weighted by Gasteiger charge is -2.25. The Balaban J connectivity index is 2.45. The Morgan fingerprint density at radius 3 is 2.60 bits per heavy atom. The first-order chi connectivity index (χ1) is 9.18. The van der Waals surface area contributed by atoms with Gasteiger partial charge in [0.05, 0.1) is 18.1 Å². The summed E-state index contributed by atoms with van der Waals surface area (Å²) in [7, 11) is 0. The lowest BCUT2D eigenvalue weighted by molar-refractivity contribution is -0.337. The zero-order valence-corrected chi connectivity index (χ0v) is 12.4. The molecule has 1 aromatic carbocycles. The fourth-order valence-corrected chi connectivity index (χ4v) is 2.32. The normalized spacial score (nSPS) is 22.6. The molecular formula is C13H9F3INO2. The van der Waals surface area contributed by atoms with Crippen LogP contribution in [0.25, 0.3) is 5.76 Å². The Labute approximate surface area is 126 Å². The zero-order chi connectivity index (χ0) is 15.1. The summed E-state index contributed by atoms with van der Waals surface area (Å²) in [4.78, 5) is 0. The molecule has 1 aliphatic heterocycles. The van der Waals surface area contributed by atoms with Crippen LogP contribution in [0.5, 0.6) is 0 Å². The topological polar surface area (TPSA) is 53.2 Å². The van der Waals surface area contributed by atoms with E-state index in [1.54, 1.807) is 24.3 Å². The molecule has 0 saturated carbocycles. The van der Waals surface area contributed by atoms with Gasteiger partial charge in [0, 0.05) is 9.13 Å². The molecule has 7 heteroatoms. The number of nitrogens with zero attached hydrogens (tertiary/aromatic N) is 1. The van der Waals surface area contributed by atoms with Crippen molar-refractivity contribution >= 4 is 28.4 Å². The van der Waals surface area contributed by atoms with Gasteiger partial charge in [0.25, 0.3) is 0 Å². The summed E-state index contributed by atoms with van der Waals surface area (Å²) in [6, 6.07) is 6.56. The standard InChI is InChI=1S/C13H9F3INO2/c1-7-2-3-8(4-10(7)17)11-9(6-18)5-12(19,20-11)13(14,15)16/h2-4,19H,5H2,1H3. The first kappa shape index (κ1) is 15.1. The Kier molecular flexibility index (Phi) is 3.73. The summed E-state index contributed by atoms with van der Waals surface area (Å²) in [5.74, 6) is -3.55. The van der Waals surface area contributed by atoms with E-state index in [0.29, 0.717) is 5.56 Å². The van der Waals surface area contributed by atoms with Crippen LogP contribution in [0.4, 0.5) is 13.2 Å². The summed E-state index contributed by atoms with van der Waals surface area (Å²) in [6.07, 6.45) is -5.86. The highest BCUT2D eigenvalue weighted by Crippen LogP contribution is 2.46. The van der Waals surface area contributed by atoms with E-state index in [4.69, 9.17) is 5.26 Å². The van der Waals surface area contributed by atoms with Crippen LogP contribution < -0.4 is 0 Å². The first-order valence-corrected chi connectivity index (χ1v) is 6.64. The third-order valence-electron chi connectivity index (χ3n) is 2.97. The van der Waals surface area contributed by atoms with Crippen LogP contribution in [0.3, 0.4) is 0 Å². The molecule has 0 aliphatic carbocycles. The average Bonchev–Trinajstić information content (AvgIpc) is 2.71. The van der Waals surface area contributed by atoms with Gasteiger partial charge < -0.3 is 9.84 Å². The van der Waals surface area contributed by atoms with Gasteiger partial charge in [-0.25, -0.2) is 0 Å². The maximum Gasteiger partial charge on any atom is 0.455 e. The maximum absolute atomic E-state index is 12.8. The minimum atomic E-state index is -4.96. The molecule has 1 aliphatic rings. The van der Waals surface area contributed by atoms with Crippen molar-refractivity contribution in [3.05, 3.63) is 38.5 Å². The quantitative estimate of drug-likeness (QED) is 0.741. The van der Waals surface area contributed by atoms with Crippen LogP contribution in [0.1, 0.15) is 17.5 Å². The van der Waals surface area contributed by atoms with Gasteiger partial charge in [-0.3, -0.25) is 0 Å². The maximum atomic E-state index is 12.8. The minimum absolute atomic E-state index is 0.217. The third kappa shape index (κ3) is 2.50. The Bertz CT molecular complexity index is 633. The number of ether oxygens (including phenoxy) is 1. The summed E-state index contributed by atoms with van der Waals surface area (Å²) >= 11 is 2.03. The molecule has 0 amide bonds. The predicted molar refractivity (Wildman–Crippen MR) is 73.1 cm³/mol. The van der Waals surface area contributed by atoms with Crippen molar-refractivity contribution in [2.75, 3.05) is 0 Å². The molecule has 20 heavy (non-hydrogen) atoms. The number of rotatable bonds is 1. The highest BCUT2D eigenvalue weighted by molar-refractivity contribution is 14.1. The van der Waals surface area contributed by atoms with E-state index in [1.807, 2.05) is 29.5 Å². The fraction of sp³-hybridized carbons (Fsp3) is 0.308. The Morgan fingerprint density at radius 1 is 1.45 bits per heavy atom. The van der Waals surface area contributed by atoms with E-state index < -0.39 is 18.4 Å². The number of aryl methyl sites for hydroxylation is 1. The number of alkyl halides is 3. The molecule has 0 saturated heterocycles. The second kappa shape index (κ2) is 4.93. The van der Waals surface area contributed by atoms with E-state index in [-0.39, 0.29) is 11.3 Å². The van der Waals surface area contributed by atoms with Gasteiger partial charge >= 0.3 is 12.0 Å². The molecule has 0 radical (unpaired) electrons. The molecule has 0 fully saturated rings. The smallest absolute Gasteiger partial charge is 0.451 e. The number of nitriles is 1. The molecule has 0 spiro atoms. The van der Waals surface area contributed by atoms with Gasteiger partial charge in [0.15, 0.2) is 0 Å². The van der Waals surface area contributed by atoms with Gasteiger partial charge in [-0.2, -0.15) is 18.4 Å². The second-order valence-corrected chi connectivity index (χ2v) is 5.61. The van der Waals surface area contributed by atoms with E-state index in [0.717, 1.165) is 9.13 Å². The first-order valence-electron chi connectivity index (χ1n) is 5.56. The number of hydrogen-bond donors (Lipinski definition) is 1. The molecule has 1 N–H and O–H groups in total. The molecule has 0 bridgehead atoms. The summed E-state index contributed by atoms with van der Waals surface area (Å²) in [6.45, 7) is 1.85. The Hall–Kier alpha value is -1.27. The Morgan fingerprint density at radius 2 is 2.10 bits per heavy atom. The predicted octanol–water partition coefficient (Wildman–Crippen LogP) is 3.51. The van der Waals surface area contributed by atoms with Crippen LogP contribution in [0.2, 0.25) is 0 Å². The highest BCUT2D eigenvalue weighted by atomic mass is 127. The summed E-state index contributed by atoms with van der Waals surface area (Å²) in [5.41, 5.74) is 1.08. The molecule has 1 atom stereocenters. The van der Waals surface area contributed by atoms with Crippen LogP contribution in [-0.4, -0.2) is 17.1 Å². The van der Waals surface area contributed by atoms with Gasteiger partial charge in [-0.05, 0) is 41.1 Å². The third-order valence-corrected chi connectivity index (χ3v) is 4.14. The number of aliphatic hydroxyl groups is 1. The molecule has 3 nitrogen and oxygen atoms in total. The van der Waals surface area contributed by atoms with Crippen LogP contribution >= 0.6 is 22.6 Å². The van der Waals surface area contributed by atoms with Crippen molar-refractivity contribution in [1.82, 2.24) is 0 Å². The van der Waals surface area contributed by atoms with Gasteiger partial charge in [-0.15, -0.1) is 0 Å². The fourth-order valence-electron chi connectivity index (χ4n) is 1.80. The minimum Gasteiger partial charge on any atom is -0.451 e. The van der Waals surface area contributed by atoms with Crippen LogP contribution in [-0.2, 0) is 4.74 Å². The number of benzene rings is 1. The lowest BCUT2D eigenvalue weighted by Crippen LogP contribution is -2.44. The van der Waals surface area contributed by atoms with Gasteiger partial charge in [0.1, 0.15) is 5.76 Å². The molecule has 2 rings (SSSR count). The molecule has 1 unspecified atom stereocenters. The van der Waals surface area contributed by atoms with Crippen molar-refractivity contribution in [3.8, 4) is 6.07 Å². The highest BCUT2D eigenvalue weighted by Gasteiger charge is 2.60. The van der Waals surface area contributed by atoms with E-state index in [2.05, 4.69) is 4.74 Å². The number of halogens is 4. The monoisotopic (exact) mass is 395 g/mol. The molecule has 1 aromatic rings. The van der Waals surface area contributed by atoms with E-state index in [1.165, 1.54) is 0 Å². The van der Waals surface area contributed by atoms with Gasteiger partial charge in [0.2, 0.25) is 0 Å².